The number of aliphatic hydroxyl groups excluding tert-OH is 1. The molecule has 1 N–H and O–H groups in total. The lowest BCUT2D eigenvalue weighted by molar-refractivity contribution is 0.0292. The number of hydrogen-bond donors (Lipinski definition) is 1. The van der Waals surface area contributed by atoms with E-state index in [-0.39, 0.29) is 24.1 Å². The smallest absolute Gasteiger partial charge is 0.257 e. The molecule has 1 saturated heterocycles. The number of carbonyl (C=O) groups excluding carboxylic acids is 1. The largest absolute Gasteiger partial charge is 0.394 e. The molecule has 2 rings (SSSR count). The van der Waals surface area contributed by atoms with E-state index < -0.39 is 5.82 Å². The fraction of sp³-hybridized carbons (Fsp3) is 0.364. The van der Waals surface area contributed by atoms with Crippen molar-refractivity contribution >= 4 is 5.91 Å². The maximum Gasteiger partial charge on any atom is 0.257 e. The molecule has 1 atom stereocenters. The highest BCUT2D eigenvalue weighted by molar-refractivity contribution is 5.95. The Morgan fingerprint density at radius 1 is 1.53 bits per heavy atom. The fourth-order valence-corrected chi connectivity index (χ4v) is 1.69. The van der Waals surface area contributed by atoms with Crippen LogP contribution in [0.1, 0.15) is 16.8 Å². The molecule has 1 aliphatic heterocycles. The van der Waals surface area contributed by atoms with E-state index in [1.54, 1.807) is 12.1 Å². The van der Waals surface area contributed by atoms with Gasteiger partial charge in [0.2, 0.25) is 0 Å². The first-order chi connectivity index (χ1) is 7.24. The van der Waals surface area contributed by atoms with E-state index in [4.69, 9.17) is 5.11 Å². The van der Waals surface area contributed by atoms with Crippen molar-refractivity contribution in [3.05, 3.63) is 35.6 Å². The van der Waals surface area contributed by atoms with Crippen LogP contribution in [-0.2, 0) is 0 Å². The molecule has 0 bridgehead atoms. The minimum Gasteiger partial charge on any atom is -0.394 e. The number of rotatable bonds is 2. The van der Waals surface area contributed by atoms with E-state index in [0.717, 1.165) is 6.42 Å². The normalized spacial score (nSPS) is 19.9. The van der Waals surface area contributed by atoms with Crippen LogP contribution in [0.3, 0.4) is 0 Å². The highest BCUT2D eigenvalue weighted by atomic mass is 19.1. The van der Waals surface area contributed by atoms with Crippen LogP contribution in [0.2, 0.25) is 0 Å². The van der Waals surface area contributed by atoms with Gasteiger partial charge in [-0.3, -0.25) is 4.79 Å². The van der Waals surface area contributed by atoms with Gasteiger partial charge in [-0.15, -0.1) is 0 Å². The van der Waals surface area contributed by atoms with Crippen LogP contribution in [-0.4, -0.2) is 35.1 Å². The molecule has 1 amide bonds. The molecule has 0 saturated carbocycles. The predicted octanol–water partition coefficient (Wildman–Crippen LogP) is 1.03. The topological polar surface area (TPSA) is 40.5 Å². The number of nitrogens with zero attached hydrogens (tertiary/aromatic N) is 1. The molecular weight excluding hydrogens is 197 g/mol. The summed E-state index contributed by atoms with van der Waals surface area (Å²) < 4.78 is 13.3. The third kappa shape index (κ3) is 1.72. The van der Waals surface area contributed by atoms with Crippen molar-refractivity contribution in [3.8, 4) is 0 Å². The van der Waals surface area contributed by atoms with E-state index in [2.05, 4.69) is 0 Å². The van der Waals surface area contributed by atoms with Crippen LogP contribution in [0.5, 0.6) is 0 Å². The lowest BCUT2D eigenvalue weighted by Crippen LogP contribution is -2.53. The Kier molecular flexibility index (Phi) is 2.68. The van der Waals surface area contributed by atoms with E-state index in [0.29, 0.717) is 6.54 Å². The average molecular weight is 209 g/mol. The van der Waals surface area contributed by atoms with Gasteiger partial charge in [0.1, 0.15) is 5.82 Å². The predicted molar refractivity (Wildman–Crippen MR) is 52.9 cm³/mol. The molecule has 0 aliphatic carbocycles. The highest BCUT2D eigenvalue weighted by Gasteiger charge is 2.32. The van der Waals surface area contributed by atoms with Crippen molar-refractivity contribution in [1.82, 2.24) is 4.90 Å². The molecule has 4 heteroatoms. The Morgan fingerprint density at radius 2 is 2.27 bits per heavy atom. The van der Waals surface area contributed by atoms with Crippen molar-refractivity contribution in [2.24, 2.45) is 0 Å². The summed E-state index contributed by atoms with van der Waals surface area (Å²) in [4.78, 5) is 13.3. The van der Waals surface area contributed by atoms with Crippen molar-refractivity contribution in [3.63, 3.8) is 0 Å². The summed E-state index contributed by atoms with van der Waals surface area (Å²) in [5.41, 5.74) is 0.0793. The fourth-order valence-electron chi connectivity index (χ4n) is 1.69. The van der Waals surface area contributed by atoms with Gasteiger partial charge in [0.05, 0.1) is 18.2 Å². The lowest BCUT2D eigenvalue weighted by Gasteiger charge is -2.39. The maximum atomic E-state index is 13.3. The molecule has 1 aromatic carbocycles. The van der Waals surface area contributed by atoms with E-state index in [1.807, 2.05) is 0 Å². The molecule has 0 aromatic heterocycles. The third-order valence-electron chi connectivity index (χ3n) is 2.72. The molecule has 1 heterocycles. The molecule has 15 heavy (non-hydrogen) atoms. The Bertz CT molecular complexity index is 379. The first-order valence-corrected chi connectivity index (χ1v) is 4.90. The number of hydrogen-bond acceptors (Lipinski definition) is 2. The molecule has 1 aliphatic rings. The minimum absolute atomic E-state index is 0.0554. The Hall–Kier alpha value is -1.42. The summed E-state index contributed by atoms with van der Waals surface area (Å²) in [6.45, 7) is 0.540. The number of benzene rings is 1. The van der Waals surface area contributed by atoms with E-state index in [9.17, 15) is 9.18 Å². The second-order valence-electron chi connectivity index (χ2n) is 3.60. The summed E-state index contributed by atoms with van der Waals surface area (Å²) >= 11 is 0. The monoisotopic (exact) mass is 209 g/mol. The summed E-state index contributed by atoms with van der Waals surface area (Å²) in [5, 5.41) is 8.93. The van der Waals surface area contributed by atoms with Crippen LogP contribution >= 0.6 is 0 Å². The van der Waals surface area contributed by atoms with Crippen LogP contribution in [0.25, 0.3) is 0 Å². The van der Waals surface area contributed by atoms with E-state index >= 15 is 0 Å². The summed E-state index contributed by atoms with van der Waals surface area (Å²) in [6, 6.07) is 5.76. The minimum atomic E-state index is -0.508. The number of likely N-dealkylation sites (tertiary alicyclic amines) is 1. The van der Waals surface area contributed by atoms with Gasteiger partial charge in [0.15, 0.2) is 0 Å². The quantitative estimate of drug-likeness (QED) is 0.790. The van der Waals surface area contributed by atoms with Gasteiger partial charge < -0.3 is 10.0 Å². The second kappa shape index (κ2) is 3.98. The van der Waals surface area contributed by atoms with Crippen molar-refractivity contribution < 1.29 is 14.3 Å². The van der Waals surface area contributed by atoms with Crippen LogP contribution in [0, 0.1) is 5.82 Å². The van der Waals surface area contributed by atoms with Crippen LogP contribution in [0.15, 0.2) is 24.3 Å². The van der Waals surface area contributed by atoms with E-state index in [1.165, 1.54) is 17.0 Å². The molecule has 0 radical (unpaired) electrons. The highest BCUT2D eigenvalue weighted by Crippen LogP contribution is 2.21. The molecule has 0 unspecified atom stereocenters. The van der Waals surface area contributed by atoms with Crippen molar-refractivity contribution in [2.45, 2.75) is 12.5 Å². The van der Waals surface area contributed by atoms with Crippen molar-refractivity contribution in [2.75, 3.05) is 13.2 Å². The van der Waals surface area contributed by atoms with Crippen LogP contribution in [0.4, 0.5) is 4.39 Å². The number of carbonyl (C=O) groups is 1. The van der Waals surface area contributed by atoms with Crippen LogP contribution < -0.4 is 0 Å². The molecule has 0 spiro atoms. The molecular formula is C11H12FNO2. The van der Waals surface area contributed by atoms with Gasteiger partial charge in [-0.1, -0.05) is 12.1 Å². The van der Waals surface area contributed by atoms with Gasteiger partial charge in [-0.2, -0.15) is 0 Å². The molecule has 1 fully saturated rings. The van der Waals surface area contributed by atoms with Gasteiger partial charge >= 0.3 is 0 Å². The van der Waals surface area contributed by atoms with Gasteiger partial charge in [0, 0.05) is 6.54 Å². The average Bonchev–Trinajstić information content (AvgIpc) is 2.17. The first kappa shape index (κ1) is 10.1. The Morgan fingerprint density at radius 3 is 2.80 bits per heavy atom. The maximum absolute atomic E-state index is 13.3. The SMILES string of the molecule is O=C(c1ccccc1F)N1CC[C@H]1CO. The summed E-state index contributed by atoms with van der Waals surface area (Å²) in [5.74, 6) is -0.843. The van der Waals surface area contributed by atoms with Gasteiger partial charge in [-0.25, -0.2) is 4.39 Å². The Balaban J connectivity index is 2.18. The zero-order valence-electron chi connectivity index (χ0n) is 8.19. The first-order valence-electron chi connectivity index (χ1n) is 4.90. The molecule has 1 aromatic rings. The standard InChI is InChI=1S/C11H12FNO2/c12-10-4-2-1-3-9(10)11(15)13-6-5-8(13)7-14/h1-4,8,14H,5-7H2/t8-/m0/s1. The lowest BCUT2D eigenvalue weighted by atomic mass is 10.0. The zero-order valence-corrected chi connectivity index (χ0v) is 8.19. The summed E-state index contributed by atoms with van der Waals surface area (Å²) in [7, 11) is 0. The molecule has 3 nitrogen and oxygen atoms in total. The number of aliphatic hydroxyl groups is 1. The van der Waals surface area contributed by atoms with Gasteiger partial charge in [0.25, 0.3) is 5.91 Å². The Labute approximate surface area is 87.1 Å². The summed E-state index contributed by atoms with van der Waals surface area (Å²) in [6.07, 6.45) is 0.788. The number of amides is 1. The second-order valence-corrected chi connectivity index (χ2v) is 3.60. The third-order valence-corrected chi connectivity index (χ3v) is 2.72. The molecule has 80 valence electrons. The number of halogens is 1. The zero-order chi connectivity index (χ0) is 10.8. The van der Waals surface area contributed by atoms with Crippen molar-refractivity contribution in [1.29, 1.82) is 0 Å². The van der Waals surface area contributed by atoms with Gasteiger partial charge in [-0.05, 0) is 18.6 Å².